The first-order chi connectivity index (χ1) is 10.3. The molecule has 21 heavy (non-hydrogen) atoms. The van der Waals surface area contributed by atoms with E-state index in [-0.39, 0.29) is 11.9 Å². The standard InChI is InChI=1S/C18H17FN2/c1-20-18(13-6-8-15(19)9-7-13)12-14-10-11-21-17-5-3-2-4-16(14)17/h2-11,18,20H,12H2,1H3. The number of para-hydroxylation sites is 1. The van der Waals surface area contributed by atoms with E-state index in [9.17, 15) is 4.39 Å². The van der Waals surface area contributed by atoms with Crippen LogP contribution >= 0.6 is 0 Å². The van der Waals surface area contributed by atoms with Gasteiger partial charge in [-0.15, -0.1) is 0 Å². The van der Waals surface area contributed by atoms with Crippen LogP contribution < -0.4 is 5.32 Å². The van der Waals surface area contributed by atoms with Gasteiger partial charge in [0.15, 0.2) is 0 Å². The molecule has 0 saturated heterocycles. The highest BCUT2D eigenvalue weighted by Gasteiger charge is 2.12. The van der Waals surface area contributed by atoms with Crippen molar-refractivity contribution in [3.8, 4) is 0 Å². The lowest BCUT2D eigenvalue weighted by Gasteiger charge is -2.18. The largest absolute Gasteiger partial charge is 0.313 e. The third kappa shape index (κ3) is 2.93. The van der Waals surface area contributed by atoms with Crippen molar-refractivity contribution >= 4 is 10.9 Å². The molecule has 0 spiro atoms. The van der Waals surface area contributed by atoms with E-state index < -0.39 is 0 Å². The van der Waals surface area contributed by atoms with Gasteiger partial charge < -0.3 is 5.32 Å². The number of nitrogens with zero attached hydrogens (tertiary/aromatic N) is 1. The molecule has 1 unspecified atom stereocenters. The average molecular weight is 280 g/mol. The van der Waals surface area contributed by atoms with E-state index in [2.05, 4.69) is 22.4 Å². The van der Waals surface area contributed by atoms with Crippen molar-refractivity contribution < 1.29 is 4.39 Å². The molecule has 3 rings (SSSR count). The summed E-state index contributed by atoms with van der Waals surface area (Å²) >= 11 is 0. The minimum absolute atomic E-state index is 0.149. The van der Waals surface area contributed by atoms with Crippen molar-refractivity contribution in [2.24, 2.45) is 0 Å². The lowest BCUT2D eigenvalue weighted by atomic mass is 9.97. The van der Waals surface area contributed by atoms with Crippen LogP contribution in [-0.4, -0.2) is 12.0 Å². The first-order valence-corrected chi connectivity index (χ1v) is 7.03. The predicted octanol–water partition coefficient (Wildman–Crippen LogP) is 3.88. The van der Waals surface area contributed by atoms with Crippen LogP contribution in [0.15, 0.2) is 60.8 Å². The van der Waals surface area contributed by atoms with Crippen molar-refractivity contribution in [3.05, 3.63) is 77.7 Å². The lowest BCUT2D eigenvalue weighted by Crippen LogP contribution is -2.19. The van der Waals surface area contributed by atoms with Gasteiger partial charge in [-0.3, -0.25) is 4.98 Å². The Bertz CT molecular complexity index is 732. The summed E-state index contributed by atoms with van der Waals surface area (Å²) in [7, 11) is 1.93. The highest BCUT2D eigenvalue weighted by Crippen LogP contribution is 2.23. The number of benzene rings is 2. The first kappa shape index (κ1) is 13.7. The Kier molecular flexibility index (Phi) is 3.93. The zero-order valence-electron chi connectivity index (χ0n) is 11.9. The lowest BCUT2D eigenvalue weighted by molar-refractivity contribution is 0.587. The summed E-state index contributed by atoms with van der Waals surface area (Å²) in [4.78, 5) is 4.39. The van der Waals surface area contributed by atoms with Crippen LogP contribution in [0.2, 0.25) is 0 Å². The Hall–Kier alpha value is -2.26. The Morgan fingerprint density at radius 3 is 2.57 bits per heavy atom. The number of likely N-dealkylation sites (N-methyl/N-ethyl adjacent to an activating group) is 1. The quantitative estimate of drug-likeness (QED) is 0.784. The van der Waals surface area contributed by atoms with Crippen LogP contribution in [0, 0.1) is 5.82 Å². The van der Waals surface area contributed by atoms with Gasteiger partial charge in [0.05, 0.1) is 5.52 Å². The van der Waals surface area contributed by atoms with Gasteiger partial charge >= 0.3 is 0 Å². The first-order valence-electron chi connectivity index (χ1n) is 7.03. The highest BCUT2D eigenvalue weighted by molar-refractivity contribution is 5.81. The predicted molar refractivity (Wildman–Crippen MR) is 83.6 cm³/mol. The highest BCUT2D eigenvalue weighted by atomic mass is 19.1. The van der Waals surface area contributed by atoms with Gasteiger partial charge in [-0.2, -0.15) is 0 Å². The van der Waals surface area contributed by atoms with Gasteiger partial charge in [-0.1, -0.05) is 30.3 Å². The van der Waals surface area contributed by atoms with Gasteiger partial charge in [0, 0.05) is 17.6 Å². The molecule has 2 nitrogen and oxygen atoms in total. The topological polar surface area (TPSA) is 24.9 Å². The summed E-state index contributed by atoms with van der Waals surface area (Å²) in [5, 5.41) is 4.48. The Balaban J connectivity index is 1.94. The number of nitrogens with one attached hydrogen (secondary N) is 1. The number of hydrogen-bond acceptors (Lipinski definition) is 2. The van der Waals surface area contributed by atoms with E-state index in [0.717, 1.165) is 17.5 Å². The van der Waals surface area contributed by atoms with Crippen molar-refractivity contribution in [2.45, 2.75) is 12.5 Å². The van der Waals surface area contributed by atoms with Crippen molar-refractivity contribution in [1.82, 2.24) is 10.3 Å². The molecule has 3 aromatic rings. The number of hydrogen-bond donors (Lipinski definition) is 1. The second-order valence-electron chi connectivity index (χ2n) is 5.08. The monoisotopic (exact) mass is 280 g/mol. The molecule has 0 aliphatic carbocycles. The number of rotatable bonds is 4. The van der Waals surface area contributed by atoms with E-state index in [1.807, 2.05) is 43.6 Å². The van der Waals surface area contributed by atoms with Crippen LogP contribution in [0.25, 0.3) is 10.9 Å². The van der Waals surface area contributed by atoms with Gasteiger partial charge in [0.2, 0.25) is 0 Å². The second-order valence-corrected chi connectivity index (χ2v) is 5.08. The van der Waals surface area contributed by atoms with Crippen LogP contribution in [0.5, 0.6) is 0 Å². The van der Waals surface area contributed by atoms with E-state index in [1.165, 1.54) is 23.1 Å². The van der Waals surface area contributed by atoms with Crippen LogP contribution in [-0.2, 0) is 6.42 Å². The third-order valence-corrected chi connectivity index (χ3v) is 3.78. The normalized spacial score (nSPS) is 12.5. The molecule has 0 radical (unpaired) electrons. The zero-order valence-corrected chi connectivity index (χ0v) is 11.9. The maximum atomic E-state index is 13.1. The number of fused-ring (bicyclic) bond motifs is 1. The van der Waals surface area contributed by atoms with E-state index >= 15 is 0 Å². The summed E-state index contributed by atoms with van der Waals surface area (Å²) in [5.74, 6) is -0.206. The summed E-state index contributed by atoms with van der Waals surface area (Å²) in [5.41, 5.74) is 3.33. The smallest absolute Gasteiger partial charge is 0.123 e. The third-order valence-electron chi connectivity index (χ3n) is 3.78. The Morgan fingerprint density at radius 1 is 1.05 bits per heavy atom. The van der Waals surface area contributed by atoms with E-state index in [4.69, 9.17) is 0 Å². The van der Waals surface area contributed by atoms with Gasteiger partial charge in [0.25, 0.3) is 0 Å². The van der Waals surface area contributed by atoms with E-state index in [1.54, 1.807) is 0 Å². The summed E-state index contributed by atoms with van der Waals surface area (Å²) in [6.45, 7) is 0. The minimum atomic E-state index is -0.206. The molecule has 1 N–H and O–H groups in total. The molecular formula is C18H17FN2. The van der Waals surface area contributed by atoms with Gasteiger partial charge in [-0.25, -0.2) is 4.39 Å². The fourth-order valence-electron chi connectivity index (χ4n) is 2.63. The number of pyridine rings is 1. The molecule has 1 heterocycles. The molecule has 1 atom stereocenters. The van der Waals surface area contributed by atoms with Crippen molar-refractivity contribution in [1.29, 1.82) is 0 Å². The number of aromatic nitrogens is 1. The fraction of sp³-hybridized carbons (Fsp3) is 0.167. The molecule has 0 fully saturated rings. The molecule has 0 saturated carbocycles. The zero-order chi connectivity index (χ0) is 14.7. The number of halogens is 1. The molecule has 1 aromatic heterocycles. The van der Waals surface area contributed by atoms with Crippen molar-refractivity contribution in [3.63, 3.8) is 0 Å². The molecule has 0 bridgehead atoms. The summed E-state index contributed by atoms with van der Waals surface area (Å²) in [6.07, 6.45) is 2.68. The summed E-state index contributed by atoms with van der Waals surface area (Å²) in [6, 6.07) is 17.0. The molecule has 3 heteroatoms. The SMILES string of the molecule is CNC(Cc1ccnc2ccccc12)c1ccc(F)cc1. The Labute approximate surface area is 123 Å². The molecule has 0 amide bonds. The average Bonchev–Trinajstić information content (AvgIpc) is 2.54. The molecule has 2 aromatic carbocycles. The van der Waals surface area contributed by atoms with Gasteiger partial charge in [0.1, 0.15) is 5.82 Å². The van der Waals surface area contributed by atoms with Crippen molar-refractivity contribution in [2.75, 3.05) is 7.05 Å². The molecule has 106 valence electrons. The molecular weight excluding hydrogens is 263 g/mol. The molecule has 0 aliphatic rings. The maximum Gasteiger partial charge on any atom is 0.123 e. The Morgan fingerprint density at radius 2 is 1.81 bits per heavy atom. The summed E-state index contributed by atoms with van der Waals surface area (Å²) < 4.78 is 13.1. The van der Waals surface area contributed by atoms with E-state index in [0.29, 0.717) is 0 Å². The second kappa shape index (κ2) is 6.02. The van der Waals surface area contributed by atoms with Crippen LogP contribution in [0.3, 0.4) is 0 Å². The van der Waals surface area contributed by atoms with Crippen LogP contribution in [0.4, 0.5) is 4.39 Å². The fourth-order valence-corrected chi connectivity index (χ4v) is 2.63. The maximum absolute atomic E-state index is 13.1. The van der Waals surface area contributed by atoms with Crippen LogP contribution in [0.1, 0.15) is 17.2 Å². The molecule has 0 aliphatic heterocycles. The minimum Gasteiger partial charge on any atom is -0.313 e. The van der Waals surface area contributed by atoms with Gasteiger partial charge in [-0.05, 0) is 48.9 Å².